The number of likely N-dealkylation sites (tertiary alicyclic amines) is 1. The molecule has 3 heterocycles. The second-order valence-corrected chi connectivity index (χ2v) is 36.9. The van der Waals surface area contributed by atoms with Gasteiger partial charge in [0.05, 0.1) is 209 Å². The molecule has 5 unspecified atom stereocenters. The monoisotopic (exact) mass is 1930 g/mol. The van der Waals surface area contributed by atoms with E-state index in [1.165, 1.54) is 11.8 Å². The molecule has 3 aliphatic rings. The molecule has 1 spiro atoms. The number of carbonyl (C=O) groups is 10. The van der Waals surface area contributed by atoms with Crippen molar-refractivity contribution in [1.82, 2.24) is 57.1 Å². The van der Waals surface area contributed by atoms with Gasteiger partial charge >= 0.3 is 5.97 Å². The SMILES string of the molecule is CNC(C(=O)NC(C(=O)N(C)C(/C=C(\C)C(=O)O)C(C)C)C(C)(C)C)C(C)(C)c1cccc(NC(=O)CNC(=O)C(CCCCN)NC(=O)C(NC(=O)CCOCCOCCOCCOCCOCCOCCOCCOCCOCCOCCOCCOCCOCCC(=O)N2CCC3(CCC(C(=O)NCCC(=O)N4Cc5ccccc5-c5n[nH]nc5-c5ccccc54)CC3)CC2)C(C)C)c1. The van der Waals surface area contributed by atoms with E-state index in [0.717, 1.165) is 66.6 Å². The van der Waals surface area contributed by atoms with E-state index < -0.39 is 83.1 Å². The largest absolute Gasteiger partial charge is 0.478 e. The van der Waals surface area contributed by atoms with E-state index in [4.69, 9.17) is 67.3 Å². The highest BCUT2D eigenvalue weighted by molar-refractivity contribution is 6.01. The predicted molar refractivity (Wildman–Crippen MR) is 516 cm³/mol. The number of rotatable bonds is 68. The van der Waals surface area contributed by atoms with Crippen molar-refractivity contribution in [1.29, 1.82) is 0 Å². The standard InChI is InChI=1S/C99H156N14O24/c1-70(2)81(66-72(5)96(123)124)111(12)95(122)90(97(6,7)8)107-94(121)89(101-11)98(9,10)75-21-19-22-76(67-75)104-83(115)68-103-92(119)79(25-17-18-36-100)105-93(120)86(71(3)4)106-82(114)30-40-125-42-44-127-46-48-129-50-52-131-54-56-133-58-60-135-62-64-137-65-63-136-61-59-134-57-55-132-53-51-130-49-47-128-45-43-126-41-31-84(116)112-38-34-99(35-39-112)32-27-73(28-33-99)91(118)102-37-29-85(117)113-69-74-20-13-14-23-77(74)87-88(109-110-108-87)78-24-15-16-26-80(78)113/h13-16,19-24,26,66-67,70-71,73,79,81,86,89-90,101H,17-18,25,27-65,68-69,100H2,1-12H3,(H,102,118)(H,103,119)(H,104,115)(H,105,120)(H,106,114)(H,107,121)(H,123,124)(H,108,109,110)/b72-66+. The van der Waals surface area contributed by atoms with Crippen molar-refractivity contribution in [2.45, 2.75) is 188 Å². The number of nitrogens with two attached hydrogens (primary N) is 1. The number of ether oxygens (including phenoxy) is 13. The van der Waals surface area contributed by atoms with Gasteiger partial charge in [-0.25, -0.2) is 4.79 Å². The van der Waals surface area contributed by atoms with Crippen molar-refractivity contribution >= 4 is 70.5 Å². The number of piperidine rings is 1. The molecular weight excluding hydrogens is 1770 g/mol. The van der Waals surface area contributed by atoms with E-state index in [2.05, 4.69) is 52.6 Å². The van der Waals surface area contributed by atoms with Crippen molar-refractivity contribution < 1.29 is 115 Å². The number of aromatic amines is 1. The highest BCUT2D eigenvalue weighted by atomic mass is 16.6. The summed E-state index contributed by atoms with van der Waals surface area (Å²) in [5.74, 6) is -4.66. The predicted octanol–water partition coefficient (Wildman–Crippen LogP) is 6.71. The third-order valence-electron chi connectivity index (χ3n) is 24.6. The van der Waals surface area contributed by atoms with E-state index in [-0.39, 0.29) is 98.0 Å². The first-order valence-electron chi connectivity index (χ1n) is 48.5. The number of carboxylic acid groups (broad SMARTS) is 1. The van der Waals surface area contributed by atoms with Gasteiger partial charge in [0, 0.05) is 73.2 Å². The molecule has 5 atom stereocenters. The molecule has 11 N–H and O–H groups in total. The van der Waals surface area contributed by atoms with Gasteiger partial charge in [0.15, 0.2) is 0 Å². The van der Waals surface area contributed by atoms with Gasteiger partial charge in [0.2, 0.25) is 53.2 Å². The minimum Gasteiger partial charge on any atom is -0.478 e. The second kappa shape index (κ2) is 62.6. The number of nitrogens with one attached hydrogen (secondary N) is 8. The maximum absolute atomic E-state index is 14.3. The number of hydrogen-bond donors (Lipinski definition) is 10. The van der Waals surface area contributed by atoms with Crippen LogP contribution in [-0.4, -0.2) is 338 Å². The molecule has 3 aromatic carbocycles. The molecule has 2 aliphatic heterocycles. The quantitative estimate of drug-likeness (QED) is 0.0162. The first-order chi connectivity index (χ1) is 65.9. The van der Waals surface area contributed by atoms with Crippen molar-refractivity contribution in [3.63, 3.8) is 0 Å². The Labute approximate surface area is 808 Å². The number of amides is 9. The van der Waals surface area contributed by atoms with E-state index in [9.17, 15) is 53.1 Å². The molecule has 1 saturated heterocycles. The van der Waals surface area contributed by atoms with Crippen LogP contribution in [0.2, 0.25) is 0 Å². The Hall–Kier alpha value is -9.36. The van der Waals surface area contributed by atoms with Crippen molar-refractivity contribution in [3.05, 3.63) is 95.6 Å². The summed E-state index contributed by atoms with van der Waals surface area (Å²) < 4.78 is 72.7. The van der Waals surface area contributed by atoms with Crippen molar-refractivity contribution in [3.8, 4) is 22.5 Å². The summed E-state index contributed by atoms with van der Waals surface area (Å²) in [5.41, 5.74) is 10.3. The third-order valence-corrected chi connectivity index (χ3v) is 24.6. The van der Waals surface area contributed by atoms with Crippen LogP contribution >= 0.6 is 0 Å². The maximum Gasteiger partial charge on any atom is 0.331 e. The molecule has 4 aromatic rings. The fourth-order valence-corrected chi connectivity index (χ4v) is 16.5. The van der Waals surface area contributed by atoms with E-state index in [1.807, 2.05) is 108 Å². The van der Waals surface area contributed by atoms with Crippen LogP contribution in [-0.2, 0) is 121 Å². The Morgan fingerprint density at radius 2 is 1.04 bits per heavy atom. The van der Waals surface area contributed by atoms with E-state index in [0.29, 0.717) is 214 Å². The Morgan fingerprint density at radius 1 is 0.547 bits per heavy atom. The Bertz CT molecular complexity index is 4320. The topological polar surface area (TPSA) is 472 Å². The molecule has 766 valence electrons. The molecule has 1 aromatic heterocycles. The average molecular weight is 1930 g/mol. The third kappa shape index (κ3) is 40.4. The molecule has 0 bridgehead atoms. The van der Waals surface area contributed by atoms with Gasteiger partial charge in [-0.05, 0) is 130 Å². The molecule has 2 fully saturated rings. The highest BCUT2D eigenvalue weighted by Crippen LogP contribution is 2.47. The first kappa shape index (κ1) is 115. The number of likely N-dealkylation sites (N-methyl/N-ethyl adjacent to an activating group) is 2. The maximum atomic E-state index is 14.3. The summed E-state index contributed by atoms with van der Waals surface area (Å²) in [6.07, 6.45) is 8.65. The van der Waals surface area contributed by atoms with Crippen LogP contribution in [0.4, 0.5) is 11.4 Å². The van der Waals surface area contributed by atoms with Gasteiger partial charge in [0.1, 0.15) is 29.5 Å². The number of para-hydroxylation sites is 1. The van der Waals surface area contributed by atoms with Crippen LogP contribution in [0.1, 0.15) is 157 Å². The zero-order chi connectivity index (χ0) is 99.4. The molecule has 38 heteroatoms. The summed E-state index contributed by atoms with van der Waals surface area (Å²) in [7, 11) is 3.23. The number of unbranched alkanes of at least 4 members (excludes halogenated alkanes) is 1. The molecular formula is C99H156N14O24. The number of carboxylic acids is 1. The number of benzene rings is 3. The van der Waals surface area contributed by atoms with Gasteiger partial charge in [-0.3, -0.25) is 43.2 Å². The average Bonchev–Trinajstić information content (AvgIpc) is 1.73. The molecule has 38 nitrogen and oxygen atoms in total. The summed E-state index contributed by atoms with van der Waals surface area (Å²) in [6, 6.07) is 18.1. The zero-order valence-corrected chi connectivity index (χ0v) is 82.9. The highest BCUT2D eigenvalue weighted by Gasteiger charge is 2.44. The number of anilines is 2. The van der Waals surface area contributed by atoms with Crippen LogP contribution in [0, 0.1) is 28.6 Å². The lowest BCUT2D eigenvalue weighted by Crippen LogP contribution is -2.61. The van der Waals surface area contributed by atoms with E-state index >= 15 is 0 Å². The normalized spacial score (nSPS) is 15.1. The van der Waals surface area contributed by atoms with Gasteiger partial charge in [-0.1, -0.05) is 123 Å². The fraction of sp³-hybridized carbons (Fsp3) is 0.677. The zero-order valence-electron chi connectivity index (χ0n) is 82.9. The smallest absolute Gasteiger partial charge is 0.331 e. The number of carbonyl (C=O) groups excluding carboxylic acids is 9. The molecule has 9 amide bonds. The fourth-order valence-electron chi connectivity index (χ4n) is 16.5. The Kier molecular flexibility index (Phi) is 52.4. The minimum atomic E-state index is -1.09. The number of aromatic nitrogens is 3. The number of nitrogens with zero attached hydrogens (tertiary/aromatic N) is 5. The number of H-pyrrole nitrogens is 1. The van der Waals surface area contributed by atoms with Gasteiger partial charge < -0.3 is 124 Å². The summed E-state index contributed by atoms with van der Waals surface area (Å²) in [6.45, 7) is 29.9. The summed E-state index contributed by atoms with van der Waals surface area (Å²) in [5, 5.41) is 41.4. The number of aliphatic carboxylic acids is 1. The second-order valence-electron chi connectivity index (χ2n) is 36.9. The Morgan fingerprint density at radius 3 is 1.53 bits per heavy atom. The minimum absolute atomic E-state index is 0.00540. The molecule has 137 heavy (non-hydrogen) atoms. The van der Waals surface area contributed by atoms with Crippen LogP contribution in [0.15, 0.2) is 84.4 Å². The van der Waals surface area contributed by atoms with E-state index in [1.54, 1.807) is 57.1 Å². The van der Waals surface area contributed by atoms with Gasteiger partial charge in [-0.15, -0.1) is 0 Å². The number of hydrogen-bond acceptors (Lipinski definition) is 27. The molecule has 0 radical (unpaired) electrons. The lowest BCUT2D eigenvalue weighted by atomic mass is 9.65. The van der Waals surface area contributed by atoms with Crippen LogP contribution < -0.4 is 47.9 Å². The van der Waals surface area contributed by atoms with Crippen molar-refractivity contribution in [2.75, 3.05) is 229 Å². The first-order valence-corrected chi connectivity index (χ1v) is 48.5. The van der Waals surface area contributed by atoms with Crippen LogP contribution in [0.5, 0.6) is 0 Å². The molecule has 1 aliphatic carbocycles. The molecule has 7 rings (SSSR count). The van der Waals surface area contributed by atoms with Gasteiger partial charge in [-0.2, -0.15) is 15.4 Å². The number of fused-ring (bicyclic) bond motifs is 5. The summed E-state index contributed by atoms with van der Waals surface area (Å²) >= 11 is 0. The summed E-state index contributed by atoms with van der Waals surface area (Å²) in [4.78, 5) is 140. The molecule has 1 saturated carbocycles. The Balaban J connectivity index is 0.586. The van der Waals surface area contributed by atoms with Crippen molar-refractivity contribution in [2.24, 2.45) is 34.3 Å². The van der Waals surface area contributed by atoms with Crippen LogP contribution in [0.25, 0.3) is 22.5 Å². The lowest BCUT2D eigenvalue weighted by Gasteiger charge is -2.45. The van der Waals surface area contributed by atoms with Gasteiger partial charge in [0.25, 0.3) is 0 Å². The lowest BCUT2D eigenvalue weighted by molar-refractivity contribution is -0.141. The van der Waals surface area contributed by atoms with Crippen LogP contribution in [0.3, 0.4) is 0 Å².